The molecule has 0 fully saturated rings. The van der Waals surface area contributed by atoms with Gasteiger partial charge in [-0.25, -0.2) is 0 Å². The van der Waals surface area contributed by atoms with Crippen molar-refractivity contribution in [2.45, 2.75) is 25.8 Å². The maximum absolute atomic E-state index is 11.6. The highest BCUT2D eigenvalue weighted by molar-refractivity contribution is 5.85. The molecule has 7 heteroatoms. The number of methoxy groups -OCH3 is 1. The number of carbonyl (C=O) groups is 1. The number of nitrogens with zero attached hydrogens (tertiary/aromatic N) is 3. The SMILES string of the molecule is COCC(NCCCN=[N+]=[N-])(C(N)=O)C(C)C. The molecule has 0 aromatic heterocycles. The van der Waals surface area contributed by atoms with Crippen LogP contribution in [0, 0.1) is 5.92 Å². The first-order chi connectivity index (χ1) is 8.01. The smallest absolute Gasteiger partial charge is 0.240 e. The third-order valence-corrected chi connectivity index (χ3v) is 2.74. The highest BCUT2D eigenvalue weighted by Gasteiger charge is 2.39. The molecule has 3 N–H and O–H groups in total. The average molecular weight is 243 g/mol. The van der Waals surface area contributed by atoms with Gasteiger partial charge in [-0.2, -0.15) is 0 Å². The van der Waals surface area contributed by atoms with E-state index in [1.165, 1.54) is 7.11 Å². The lowest BCUT2D eigenvalue weighted by Gasteiger charge is -2.34. The molecule has 1 amide bonds. The minimum Gasteiger partial charge on any atom is -0.382 e. The first kappa shape index (κ1) is 15.7. The molecular weight excluding hydrogens is 222 g/mol. The van der Waals surface area contributed by atoms with Crippen LogP contribution in [-0.4, -0.2) is 38.3 Å². The second-order valence-electron chi connectivity index (χ2n) is 4.16. The number of hydrogen-bond donors (Lipinski definition) is 2. The van der Waals surface area contributed by atoms with Gasteiger partial charge in [-0.05, 0) is 24.4 Å². The van der Waals surface area contributed by atoms with Gasteiger partial charge in [-0.3, -0.25) is 4.79 Å². The predicted molar refractivity (Wildman–Crippen MR) is 65.3 cm³/mol. The molecule has 7 nitrogen and oxygen atoms in total. The van der Waals surface area contributed by atoms with E-state index < -0.39 is 11.4 Å². The average Bonchev–Trinajstić information content (AvgIpc) is 2.26. The van der Waals surface area contributed by atoms with Crippen LogP contribution in [0.2, 0.25) is 0 Å². The van der Waals surface area contributed by atoms with Gasteiger partial charge in [0.15, 0.2) is 0 Å². The van der Waals surface area contributed by atoms with Crippen molar-refractivity contribution in [3.8, 4) is 0 Å². The van der Waals surface area contributed by atoms with Crippen LogP contribution in [0.15, 0.2) is 5.11 Å². The van der Waals surface area contributed by atoms with Crippen molar-refractivity contribution in [1.29, 1.82) is 0 Å². The van der Waals surface area contributed by atoms with E-state index in [1.807, 2.05) is 13.8 Å². The largest absolute Gasteiger partial charge is 0.382 e. The fourth-order valence-corrected chi connectivity index (χ4v) is 1.60. The van der Waals surface area contributed by atoms with Gasteiger partial charge >= 0.3 is 0 Å². The number of azide groups is 1. The first-order valence-corrected chi connectivity index (χ1v) is 5.56. The van der Waals surface area contributed by atoms with Crippen molar-refractivity contribution in [3.63, 3.8) is 0 Å². The number of carbonyl (C=O) groups excluding carboxylic acids is 1. The van der Waals surface area contributed by atoms with Crippen LogP contribution in [0.1, 0.15) is 20.3 Å². The fourth-order valence-electron chi connectivity index (χ4n) is 1.60. The van der Waals surface area contributed by atoms with Crippen LogP contribution in [0.4, 0.5) is 0 Å². The maximum atomic E-state index is 11.6. The minimum absolute atomic E-state index is 0.0134. The van der Waals surface area contributed by atoms with E-state index in [0.29, 0.717) is 19.5 Å². The van der Waals surface area contributed by atoms with Gasteiger partial charge in [0.05, 0.1) is 6.61 Å². The summed E-state index contributed by atoms with van der Waals surface area (Å²) in [6, 6.07) is 0. The second-order valence-corrected chi connectivity index (χ2v) is 4.16. The van der Waals surface area contributed by atoms with Gasteiger partial charge in [-0.15, -0.1) is 0 Å². The highest BCUT2D eigenvalue weighted by Crippen LogP contribution is 2.17. The molecule has 0 bridgehead atoms. The van der Waals surface area contributed by atoms with Gasteiger partial charge in [-0.1, -0.05) is 19.0 Å². The molecule has 0 aliphatic rings. The van der Waals surface area contributed by atoms with E-state index in [-0.39, 0.29) is 12.5 Å². The van der Waals surface area contributed by atoms with E-state index in [1.54, 1.807) is 0 Å². The Hall–Kier alpha value is -1.30. The topological polar surface area (TPSA) is 113 Å². The molecule has 0 aromatic carbocycles. The molecule has 0 spiro atoms. The van der Waals surface area contributed by atoms with E-state index in [2.05, 4.69) is 15.3 Å². The lowest BCUT2D eigenvalue weighted by Crippen LogP contribution is -2.62. The van der Waals surface area contributed by atoms with Gasteiger partial charge in [0.2, 0.25) is 5.91 Å². The van der Waals surface area contributed by atoms with Crippen molar-refractivity contribution < 1.29 is 9.53 Å². The summed E-state index contributed by atoms with van der Waals surface area (Å²) in [5, 5.41) is 6.53. The van der Waals surface area contributed by atoms with Gasteiger partial charge in [0.25, 0.3) is 0 Å². The molecule has 0 radical (unpaired) electrons. The molecule has 98 valence electrons. The Bertz CT molecular complexity index is 288. The summed E-state index contributed by atoms with van der Waals surface area (Å²) in [6.45, 7) is 4.98. The molecule has 0 saturated carbocycles. The summed E-state index contributed by atoms with van der Waals surface area (Å²) < 4.78 is 5.06. The zero-order chi connectivity index (χ0) is 13.3. The van der Waals surface area contributed by atoms with E-state index >= 15 is 0 Å². The van der Waals surface area contributed by atoms with Crippen molar-refractivity contribution in [3.05, 3.63) is 10.4 Å². The number of ether oxygens (including phenoxy) is 1. The van der Waals surface area contributed by atoms with Crippen molar-refractivity contribution in [2.75, 3.05) is 26.8 Å². The van der Waals surface area contributed by atoms with Crippen LogP contribution in [-0.2, 0) is 9.53 Å². The number of nitrogens with one attached hydrogen (secondary N) is 1. The van der Waals surface area contributed by atoms with E-state index in [9.17, 15) is 4.79 Å². The summed E-state index contributed by atoms with van der Waals surface area (Å²) in [5.41, 5.74) is 12.7. The summed E-state index contributed by atoms with van der Waals surface area (Å²) in [5.74, 6) is -0.419. The molecule has 1 atom stereocenters. The van der Waals surface area contributed by atoms with Crippen LogP contribution < -0.4 is 11.1 Å². The van der Waals surface area contributed by atoms with E-state index in [0.717, 1.165) is 0 Å². The Morgan fingerprint density at radius 2 is 2.29 bits per heavy atom. The monoisotopic (exact) mass is 243 g/mol. The maximum Gasteiger partial charge on any atom is 0.240 e. The number of primary amides is 1. The molecular formula is C10H21N5O2. The molecule has 1 unspecified atom stereocenters. The molecule has 0 aliphatic carbocycles. The molecule has 0 heterocycles. The van der Waals surface area contributed by atoms with Gasteiger partial charge in [0, 0.05) is 18.6 Å². The molecule has 0 aromatic rings. The van der Waals surface area contributed by atoms with E-state index in [4.69, 9.17) is 16.0 Å². The zero-order valence-corrected chi connectivity index (χ0v) is 10.6. The Morgan fingerprint density at radius 1 is 1.65 bits per heavy atom. The van der Waals surface area contributed by atoms with Gasteiger partial charge in [0.1, 0.15) is 5.54 Å². The second kappa shape index (κ2) is 7.89. The Labute approximate surface area is 101 Å². The molecule has 0 saturated heterocycles. The van der Waals surface area contributed by atoms with Crippen LogP contribution >= 0.6 is 0 Å². The summed E-state index contributed by atoms with van der Waals surface area (Å²) in [6.07, 6.45) is 0.648. The first-order valence-electron chi connectivity index (χ1n) is 5.56. The molecule has 17 heavy (non-hydrogen) atoms. The number of amides is 1. The molecule has 0 aliphatic heterocycles. The number of rotatable bonds is 9. The minimum atomic E-state index is -0.870. The molecule has 0 rings (SSSR count). The Kier molecular flexibility index (Phi) is 7.29. The lowest BCUT2D eigenvalue weighted by molar-refractivity contribution is -0.128. The van der Waals surface area contributed by atoms with Crippen LogP contribution in [0.25, 0.3) is 10.4 Å². The third kappa shape index (κ3) is 4.60. The quantitative estimate of drug-likeness (QED) is 0.270. The fraction of sp³-hybridized carbons (Fsp3) is 0.900. The van der Waals surface area contributed by atoms with Crippen LogP contribution in [0.5, 0.6) is 0 Å². The van der Waals surface area contributed by atoms with Crippen molar-refractivity contribution >= 4 is 5.91 Å². The zero-order valence-electron chi connectivity index (χ0n) is 10.6. The normalized spacial score (nSPS) is 14.1. The Morgan fingerprint density at radius 3 is 2.71 bits per heavy atom. The highest BCUT2D eigenvalue weighted by atomic mass is 16.5. The Balaban J connectivity index is 4.46. The summed E-state index contributed by atoms with van der Waals surface area (Å²) in [4.78, 5) is 14.2. The van der Waals surface area contributed by atoms with Gasteiger partial charge < -0.3 is 15.8 Å². The summed E-state index contributed by atoms with van der Waals surface area (Å²) in [7, 11) is 1.53. The standard InChI is InChI=1S/C10H21N5O2/c1-8(2)10(7-17-3,9(11)16)13-5-4-6-14-15-12/h8,13H,4-7H2,1-3H3,(H2,11,16). The third-order valence-electron chi connectivity index (χ3n) is 2.74. The van der Waals surface area contributed by atoms with Crippen molar-refractivity contribution in [2.24, 2.45) is 16.8 Å². The van der Waals surface area contributed by atoms with Crippen molar-refractivity contribution in [1.82, 2.24) is 5.32 Å². The number of nitrogens with two attached hydrogens (primary N) is 1. The lowest BCUT2D eigenvalue weighted by atomic mass is 9.86. The number of hydrogen-bond acceptors (Lipinski definition) is 4. The van der Waals surface area contributed by atoms with Crippen LogP contribution in [0.3, 0.4) is 0 Å². The summed E-state index contributed by atoms with van der Waals surface area (Å²) >= 11 is 0. The predicted octanol–water partition coefficient (Wildman–Crippen LogP) is 0.803.